The van der Waals surface area contributed by atoms with E-state index in [0.717, 1.165) is 12.8 Å². The maximum atomic E-state index is 11.0. The minimum absolute atomic E-state index is 0.0458. The van der Waals surface area contributed by atoms with Crippen LogP contribution in [0.4, 0.5) is 5.82 Å². The SMILES string of the molecule is NS(=O)(=O)c1ccc(NC2CCCC2)nc1. The minimum Gasteiger partial charge on any atom is -0.367 e. The standard InChI is InChI=1S/C10H15N3O2S/c11-16(14,15)9-5-6-10(12-7-9)13-8-3-1-2-4-8/h5-8H,1-4H2,(H,12,13)(H2,11,14,15). The van der Waals surface area contributed by atoms with Crippen molar-refractivity contribution in [1.29, 1.82) is 0 Å². The molecule has 0 aromatic carbocycles. The normalized spacial score (nSPS) is 17.6. The van der Waals surface area contributed by atoms with Gasteiger partial charge < -0.3 is 5.32 Å². The zero-order chi connectivity index (χ0) is 11.6. The molecule has 1 aromatic rings. The number of rotatable bonds is 3. The molecular formula is C10H15N3O2S. The van der Waals surface area contributed by atoms with Gasteiger partial charge in [-0.25, -0.2) is 18.5 Å². The van der Waals surface area contributed by atoms with Crippen molar-refractivity contribution < 1.29 is 8.42 Å². The molecule has 0 radical (unpaired) electrons. The van der Waals surface area contributed by atoms with Crippen LogP contribution in [-0.2, 0) is 10.0 Å². The van der Waals surface area contributed by atoms with Gasteiger partial charge in [-0.15, -0.1) is 0 Å². The van der Waals surface area contributed by atoms with Gasteiger partial charge in [0.05, 0.1) is 0 Å². The van der Waals surface area contributed by atoms with E-state index in [1.54, 1.807) is 6.07 Å². The lowest BCUT2D eigenvalue weighted by Crippen LogP contribution is -2.16. The van der Waals surface area contributed by atoms with Crippen molar-refractivity contribution in [3.05, 3.63) is 18.3 Å². The van der Waals surface area contributed by atoms with E-state index in [0.29, 0.717) is 11.9 Å². The molecule has 6 heteroatoms. The van der Waals surface area contributed by atoms with Gasteiger partial charge in [0.15, 0.2) is 0 Å². The molecule has 3 N–H and O–H groups in total. The molecular weight excluding hydrogens is 226 g/mol. The van der Waals surface area contributed by atoms with Gasteiger partial charge in [-0.1, -0.05) is 12.8 Å². The number of sulfonamides is 1. The fraction of sp³-hybridized carbons (Fsp3) is 0.500. The van der Waals surface area contributed by atoms with Crippen molar-refractivity contribution in [3.63, 3.8) is 0 Å². The highest BCUT2D eigenvalue weighted by molar-refractivity contribution is 7.89. The van der Waals surface area contributed by atoms with Gasteiger partial charge in [0.2, 0.25) is 10.0 Å². The molecule has 1 aliphatic carbocycles. The van der Waals surface area contributed by atoms with Crippen LogP contribution in [0.2, 0.25) is 0 Å². The molecule has 0 amide bonds. The molecule has 1 saturated carbocycles. The van der Waals surface area contributed by atoms with E-state index in [9.17, 15) is 8.42 Å². The van der Waals surface area contributed by atoms with Crippen LogP contribution in [0, 0.1) is 0 Å². The second-order valence-electron chi connectivity index (χ2n) is 4.05. The van der Waals surface area contributed by atoms with Gasteiger partial charge in [-0.05, 0) is 25.0 Å². The third-order valence-corrected chi connectivity index (χ3v) is 3.67. The summed E-state index contributed by atoms with van der Waals surface area (Å²) in [6, 6.07) is 3.59. The smallest absolute Gasteiger partial charge is 0.239 e. The van der Waals surface area contributed by atoms with Crippen LogP contribution in [0.5, 0.6) is 0 Å². The fourth-order valence-corrected chi connectivity index (χ4v) is 2.37. The first-order chi connectivity index (χ1) is 7.55. The largest absolute Gasteiger partial charge is 0.367 e. The van der Waals surface area contributed by atoms with Crippen LogP contribution in [0.15, 0.2) is 23.2 Å². The summed E-state index contributed by atoms with van der Waals surface area (Å²) in [6.07, 6.45) is 6.07. The number of anilines is 1. The molecule has 0 aliphatic heterocycles. The predicted molar refractivity (Wildman–Crippen MR) is 61.5 cm³/mol. The highest BCUT2D eigenvalue weighted by Crippen LogP contribution is 2.21. The van der Waals surface area contributed by atoms with Crippen LogP contribution in [0.3, 0.4) is 0 Å². The molecule has 1 aliphatic rings. The molecule has 1 fully saturated rings. The lowest BCUT2D eigenvalue weighted by molar-refractivity contribution is 0.597. The number of pyridine rings is 1. The predicted octanol–water partition coefficient (Wildman–Crippen LogP) is 1.08. The van der Waals surface area contributed by atoms with Crippen molar-refractivity contribution in [2.24, 2.45) is 5.14 Å². The summed E-state index contributed by atoms with van der Waals surface area (Å²) in [5.41, 5.74) is 0. The first-order valence-electron chi connectivity index (χ1n) is 5.31. The number of nitrogens with one attached hydrogen (secondary N) is 1. The zero-order valence-electron chi connectivity index (χ0n) is 8.89. The second kappa shape index (κ2) is 4.39. The summed E-state index contributed by atoms with van der Waals surface area (Å²) in [5, 5.41) is 8.25. The summed E-state index contributed by atoms with van der Waals surface area (Å²) in [6.45, 7) is 0. The monoisotopic (exact) mass is 241 g/mol. The molecule has 88 valence electrons. The van der Waals surface area contributed by atoms with Crippen LogP contribution in [-0.4, -0.2) is 19.4 Å². The molecule has 1 heterocycles. The van der Waals surface area contributed by atoms with Crippen molar-refractivity contribution in [1.82, 2.24) is 4.98 Å². The van der Waals surface area contributed by atoms with Crippen molar-refractivity contribution in [2.45, 2.75) is 36.6 Å². The Bertz CT molecular complexity index is 449. The van der Waals surface area contributed by atoms with Gasteiger partial charge in [0.1, 0.15) is 10.7 Å². The van der Waals surface area contributed by atoms with Crippen molar-refractivity contribution in [3.8, 4) is 0 Å². The van der Waals surface area contributed by atoms with Gasteiger partial charge in [-0.3, -0.25) is 0 Å². The summed E-state index contributed by atoms with van der Waals surface area (Å²) in [5.74, 6) is 0.708. The topological polar surface area (TPSA) is 85.1 Å². The average molecular weight is 241 g/mol. The van der Waals surface area contributed by atoms with E-state index in [-0.39, 0.29) is 4.90 Å². The molecule has 5 nitrogen and oxygen atoms in total. The summed E-state index contributed by atoms with van der Waals surface area (Å²) in [4.78, 5) is 4.08. The van der Waals surface area contributed by atoms with E-state index in [1.807, 2.05) is 0 Å². The Hall–Kier alpha value is -1.14. The van der Waals surface area contributed by atoms with Crippen molar-refractivity contribution >= 4 is 15.8 Å². The van der Waals surface area contributed by atoms with Crippen LogP contribution >= 0.6 is 0 Å². The summed E-state index contributed by atoms with van der Waals surface area (Å²) in [7, 11) is -3.64. The summed E-state index contributed by atoms with van der Waals surface area (Å²) < 4.78 is 22.0. The van der Waals surface area contributed by atoms with Gasteiger partial charge >= 0.3 is 0 Å². The average Bonchev–Trinajstić information content (AvgIpc) is 2.70. The van der Waals surface area contributed by atoms with Gasteiger partial charge in [0.25, 0.3) is 0 Å². The Morgan fingerprint density at radius 2 is 2.00 bits per heavy atom. The van der Waals surface area contributed by atoms with E-state index < -0.39 is 10.0 Å². The van der Waals surface area contributed by atoms with E-state index in [4.69, 9.17) is 5.14 Å². The maximum Gasteiger partial charge on any atom is 0.239 e. The maximum absolute atomic E-state index is 11.0. The Labute approximate surface area is 95.1 Å². The first-order valence-corrected chi connectivity index (χ1v) is 6.86. The van der Waals surface area contributed by atoms with Crippen molar-refractivity contribution in [2.75, 3.05) is 5.32 Å². The molecule has 0 saturated heterocycles. The zero-order valence-corrected chi connectivity index (χ0v) is 9.70. The van der Waals surface area contributed by atoms with Crippen LogP contribution in [0.25, 0.3) is 0 Å². The summed E-state index contributed by atoms with van der Waals surface area (Å²) >= 11 is 0. The number of primary sulfonamides is 1. The molecule has 16 heavy (non-hydrogen) atoms. The highest BCUT2D eigenvalue weighted by Gasteiger charge is 2.15. The van der Waals surface area contributed by atoms with E-state index in [1.165, 1.54) is 25.1 Å². The van der Waals surface area contributed by atoms with E-state index >= 15 is 0 Å². The Kier molecular flexibility index (Phi) is 3.11. The lowest BCUT2D eigenvalue weighted by atomic mass is 10.2. The first kappa shape index (κ1) is 11.3. The highest BCUT2D eigenvalue weighted by atomic mass is 32.2. The third kappa shape index (κ3) is 2.70. The molecule has 2 rings (SSSR count). The third-order valence-electron chi connectivity index (χ3n) is 2.77. The molecule has 0 bridgehead atoms. The number of aromatic nitrogens is 1. The number of nitrogens with two attached hydrogens (primary N) is 1. The Morgan fingerprint density at radius 1 is 1.31 bits per heavy atom. The van der Waals surface area contributed by atoms with E-state index in [2.05, 4.69) is 10.3 Å². The number of nitrogens with zero attached hydrogens (tertiary/aromatic N) is 1. The molecule has 0 atom stereocenters. The fourth-order valence-electron chi connectivity index (χ4n) is 1.91. The lowest BCUT2D eigenvalue weighted by Gasteiger charge is -2.12. The van der Waals surface area contributed by atoms with Crippen LogP contribution in [0.1, 0.15) is 25.7 Å². The Morgan fingerprint density at radius 3 is 2.50 bits per heavy atom. The second-order valence-corrected chi connectivity index (χ2v) is 5.61. The Balaban J connectivity index is 2.07. The van der Waals surface area contributed by atoms with Gasteiger partial charge in [-0.2, -0.15) is 0 Å². The number of hydrogen-bond acceptors (Lipinski definition) is 4. The quantitative estimate of drug-likeness (QED) is 0.829. The van der Waals surface area contributed by atoms with Crippen LogP contribution < -0.4 is 10.5 Å². The van der Waals surface area contributed by atoms with Gasteiger partial charge in [0, 0.05) is 12.2 Å². The molecule has 0 unspecified atom stereocenters. The molecule has 0 spiro atoms. The number of hydrogen-bond donors (Lipinski definition) is 2. The minimum atomic E-state index is -3.64. The molecule has 1 aromatic heterocycles.